The molecule has 3 nitrogen and oxygen atoms in total. The summed E-state index contributed by atoms with van der Waals surface area (Å²) in [5, 5.41) is 0.276. The normalized spacial score (nSPS) is 11.4. The van der Waals surface area contributed by atoms with E-state index in [-0.39, 0.29) is 56.5 Å². The van der Waals surface area contributed by atoms with Crippen LogP contribution in [0.3, 0.4) is 0 Å². The predicted octanol–water partition coefficient (Wildman–Crippen LogP) is 0.444. The van der Waals surface area contributed by atoms with Crippen molar-refractivity contribution >= 4 is 29.8 Å². The Bertz CT molecular complexity index is 549. The van der Waals surface area contributed by atoms with Crippen LogP contribution in [-0.2, 0) is 0 Å². The van der Waals surface area contributed by atoms with E-state index in [1.807, 2.05) is 6.92 Å². The molecule has 0 saturated heterocycles. The van der Waals surface area contributed by atoms with E-state index >= 15 is 0 Å². The number of benzene rings is 1. The molecular formula is C10H11BF3KN2OS. The van der Waals surface area contributed by atoms with Crippen LogP contribution >= 0.6 is 11.8 Å². The van der Waals surface area contributed by atoms with Gasteiger partial charge in [-0.3, -0.25) is 0 Å². The number of thioether (sulfide) groups is 1. The summed E-state index contributed by atoms with van der Waals surface area (Å²) < 4.78 is 41.7. The second-order valence-corrected chi connectivity index (χ2v) is 4.68. The molecule has 0 aliphatic carbocycles. The van der Waals surface area contributed by atoms with Gasteiger partial charge < -0.3 is 22.7 Å². The number of H-pyrrole nitrogens is 1. The molecule has 1 heterocycles. The van der Waals surface area contributed by atoms with E-state index in [1.54, 1.807) is 18.2 Å². The van der Waals surface area contributed by atoms with E-state index in [1.165, 1.54) is 0 Å². The molecule has 1 aromatic heterocycles. The molecule has 0 radical (unpaired) electrons. The van der Waals surface area contributed by atoms with Crippen molar-refractivity contribution in [2.24, 2.45) is 0 Å². The van der Waals surface area contributed by atoms with Crippen molar-refractivity contribution in [3.05, 3.63) is 18.2 Å². The van der Waals surface area contributed by atoms with Gasteiger partial charge in [0.15, 0.2) is 5.16 Å². The van der Waals surface area contributed by atoms with Gasteiger partial charge in [-0.1, -0.05) is 0 Å². The van der Waals surface area contributed by atoms with Gasteiger partial charge in [-0.25, -0.2) is 4.98 Å². The largest absolute Gasteiger partial charge is 1.00 e. The molecule has 98 valence electrons. The minimum atomic E-state index is -4.80. The zero-order valence-electron chi connectivity index (χ0n) is 10.6. The van der Waals surface area contributed by atoms with Crippen molar-refractivity contribution in [3.8, 4) is 5.75 Å². The quantitative estimate of drug-likeness (QED) is 0.643. The summed E-state index contributed by atoms with van der Waals surface area (Å²) in [7, 11) is 0. The molecule has 0 aliphatic rings. The molecule has 0 unspecified atom stereocenters. The number of hydrogen-bond donors (Lipinski definition) is 1. The summed E-state index contributed by atoms with van der Waals surface area (Å²) >= 11 is 0.668. The van der Waals surface area contributed by atoms with Crippen LogP contribution < -0.4 is 56.1 Å². The first-order chi connectivity index (χ1) is 8.48. The minimum absolute atomic E-state index is 0. The van der Waals surface area contributed by atoms with Gasteiger partial charge in [-0.15, -0.1) is 11.8 Å². The van der Waals surface area contributed by atoms with Gasteiger partial charge in [0.2, 0.25) is 0 Å². The zero-order chi connectivity index (χ0) is 13.2. The Balaban J connectivity index is 0.00000180. The van der Waals surface area contributed by atoms with E-state index in [0.717, 1.165) is 0 Å². The van der Waals surface area contributed by atoms with Crippen molar-refractivity contribution in [3.63, 3.8) is 0 Å². The molecule has 1 N–H and O–H groups in total. The minimum Gasteiger partial charge on any atom is -0.494 e. The third-order valence-corrected chi connectivity index (χ3v) is 3.16. The Morgan fingerprint density at radius 2 is 2.11 bits per heavy atom. The summed E-state index contributed by atoms with van der Waals surface area (Å²) in [6, 6.07) is 5.20. The number of aromatic amines is 1. The average Bonchev–Trinajstić information content (AvgIpc) is 2.68. The van der Waals surface area contributed by atoms with E-state index in [0.29, 0.717) is 35.2 Å². The Morgan fingerprint density at radius 1 is 1.37 bits per heavy atom. The van der Waals surface area contributed by atoms with Crippen molar-refractivity contribution in [2.45, 2.75) is 12.1 Å². The molecule has 19 heavy (non-hydrogen) atoms. The fourth-order valence-corrected chi connectivity index (χ4v) is 2.16. The number of nitrogens with zero attached hydrogens (tertiary/aromatic N) is 1. The van der Waals surface area contributed by atoms with Gasteiger partial charge >= 0.3 is 58.4 Å². The molecule has 0 fully saturated rings. The molecular weight excluding hydrogens is 303 g/mol. The standard InChI is InChI=1S/C10H11BF3N2OS.K/c1-2-17-7-3-4-8-9(5-7)16-10(15-8)18-6-11(12,13)14;/h3-5H,2,6H2,1H3,(H,15,16);/q-1;+1. The number of rotatable bonds is 5. The molecule has 0 saturated carbocycles. The van der Waals surface area contributed by atoms with Crippen LogP contribution in [0.4, 0.5) is 12.9 Å². The van der Waals surface area contributed by atoms with Crippen LogP contribution in [-0.4, -0.2) is 29.2 Å². The fourth-order valence-electron chi connectivity index (χ4n) is 1.46. The van der Waals surface area contributed by atoms with Gasteiger partial charge in [0.1, 0.15) is 5.75 Å². The maximum atomic E-state index is 12.1. The third-order valence-electron chi connectivity index (χ3n) is 2.15. The van der Waals surface area contributed by atoms with E-state index < -0.39 is 12.6 Å². The summed E-state index contributed by atoms with van der Waals surface area (Å²) in [4.78, 5) is 6.93. The Labute approximate surface area is 155 Å². The summed E-state index contributed by atoms with van der Waals surface area (Å²) in [5.74, 6) is 0.672. The first kappa shape index (κ1) is 17.4. The van der Waals surface area contributed by atoms with Crippen molar-refractivity contribution < 1.29 is 69.1 Å². The molecule has 0 aliphatic heterocycles. The number of hydrogen-bond acceptors (Lipinski definition) is 3. The molecule has 2 rings (SSSR count). The van der Waals surface area contributed by atoms with Gasteiger partial charge in [-0.05, 0) is 24.7 Å². The molecule has 0 amide bonds. The second kappa shape index (κ2) is 7.37. The molecule has 1 aromatic carbocycles. The number of ether oxygens (including phenoxy) is 1. The van der Waals surface area contributed by atoms with Gasteiger partial charge in [-0.2, -0.15) is 0 Å². The monoisotopic (exact) mass is 314 g/mol. The fraction of sp³-hybridized carbons (Fsp3) is 0.300. The summed E-state index contributed by atoms with van der Waals surface area (Å²) in [6.07, 6.45) is 0. The van der Waals surface area contributed by atoms with Crippen LogP contribution in [0.25, 0.3) is 11.0 Å². The SMILES string of the molecule is CCOc1ccc2nc(SC[B-](F)(F)F)[nH]c2c1.[K+]. The van der Waals surface area contributed by atoms with Crippen LogP contribution in [0, 0.1) is 0 Å². The van der Waals surface area contributed by atoms with E-state index in [4.69, 9.17) is 4.74 Å². The van der Waals surface area contributed by atoms with E-state index in [9.17, 15) is 12.9 Å². The van der Waals surface area contributed by atoms with Crippen LogP contribution in [0.5, 0.6) is 5.75 Å². The third kappa shape index (κ3) is 5.31. The van der Waals surface area contributed by atoms with Crippen molar-refractivity contribution in [1.29, 1.82) is 0 Å². The first-order valence-corrected chi connectivity index (χ1v) is 6.43. The summed E-state index contributed by atoms with van der Waals surface area (Å²) in [6.45, 7) is -2.39. The smallest absolute Gasteiger partial charge is 0.494 e. The molecule has 2 aromatic rings. The van der Waals surface area contributed by atoms with Gasteiger partial charge in [0.05, 0.1) is 17.6 Å². The first-order valence-electron chi connectivity index (χ1n) is 5.44. The number of aromatic nitrogens is 2. The Morgan fingerprint density at radius 3 is 2.74 bits per heavy atom. The molecule has 0 spiro atoms. The number of fused-ring (bicyclic) bond motifs is 1. The van der Waals surface area contributed by atoms with Crippen LogP contribution in [0.15, 0.2) is 23.4 Å². The zero-order valence-corrected chi connectivity index (χ0v) is 14.6. The van der Waals surface area contributed by atoms with E-state index in [2.05, 4.69) is 9.97 Å². The van der Waals surface area contributed by atoms with Gasteiger partial charge in [0.25, 0.3) is 0 Å². The number of nitrogens with one attached hydrogen (secondary N) is 1. The average molecular weight is 314 g/mol. The molecule has 0 bridgehead atoms. The number of halogens is 3. The second-order valence-electron chi connectivity index (χ2n) is 3.68. The topological polar surface area (TPSA) is 37.9 Å². The maximum Gasteiger partial charge on any atom is 1.00 e. The van der Waals surface area contributed by atoms with Crippen LogP contribution in [0.1, 0.15) is 6.92 Å². The maximum absolute atomic E-state index is 12.1. The summed E-state index contributed by atoms with van der Waals surface area (Å²) in [5.41, 5.74) is 0.423. The predicted molar refractivity (Wildman–Crippen MR) is 67.1 cm³/mol. The van der Waals surface area contributed by atoms with Crippen LogP contribution in [0.2, 0.25) is 0 Å². The molecule has 9 heteroatoms. The Hall–Kier alpha value is 0.331. The number of imidazole rings is 1. The molecule has 0 atom stereocenters. The Kier molecular flexibility index (Phi) is 6.74. The van der Waals surface area contributed by atoms with Gasteiger partial charge in [0, 0.05) is 6.07 Å². The van der Waals surface area contributed by atoms with Crippen molar-refractivity contribution in [2.75, 3.05) is 12.3 Å². The van der Waals surface area contributed by atoms with Crippen molar-refractivity contribution in [1.82, 2.24) is 9.97 Å².